The van der Waals surface area contributed by atoms with Crippen LogP contribution in [0.15, 0.2) is 34.4 Å². The van der Waals surface area contributed by atoms with E-state index in [1.165, 1.54) is 16.9 Å². The number of rotatable bonds is 8. The Morgan fingerprint density at radius 2 is 1.97 bits per heavy atom. The smallest absolute Gasteiger partial charge is 0.255 e. The van der Waals surface area contributed by atoms with E-state index in [0.717, 1.165) is 17.7 Å². The summed E-state index contributed by atoms with van der Waals surface area (Å²) >= 11 is 1.39. The van der Waals surface area contributed by atoms with Crippen LogP contribution in [0.2, 0.25) is 0 Å². The summed E-state index contributed by atoms with van der Waals surface area (Å²) in [5.74, 6) is 0.913. The monoisotopic (exact) mass is 481 g/mol. The summed E-state index contributed by atoms with van der Waals surface area (Å²) < 4.78 is 5.35. The van der Waals surface area contributed by atoms with Crippen molar-refractivity contribution in [2.75, 3.05) is 36.5 Å². The minimum absolute atomic E-state index is 0.177. The minimum Gasteiger partial charge on any atom is -0.378 e. The van der Waals surface area contributed by atoms with Gasteiger partial charge in [-0.1, -0.05) is 38.1 Å². The van der Waals surface area contributed by atoms with Gasteiger partial charge in [-0.05, 0) is 31.2 Å². The lowest BCUT2D eigenvalue weighted by molar-refractivity contribution is -0.116. The van der Waals surface area contributed by atoms with Gasteiger partial charge in [0.2, 0.25) is 11.9 Å². The van der Waals surface area contributed by atoms with E-state index in [9.17, 15) is 9.59 Å². The Morgan fingerprint density at radius 3 is 2.65 bits per heavy atom. The van der Waals surface area contributed by atoms with Crippen molar-refractivity contribution in [3.63, 3.8) is 0 Å². The minimum atomic E-state index is -0.195. The molecule has 1 atom stereocenters. The normalized spacial score (nSPS) is 14.7. The van der Waals surface area contributed by atoms with E-state index in [1.807, 2.05) is 17.2 Å². The van der Waals surface area contributed by atoms with Crippen LogP contribution in [0, 0.1) is 6.92 Å². The number of nitrogens with zero attached hydrogens (tertiary/aromatic N) is 3. The molecule has 1 fully saturated rings. The van der Waals surface area contributed by atoms with Crippen LogP contribution in [0.4, 0.5) is 11.1 Å². The number of hydrogen-bond acceptors (Lipinski definition) is 7. The molecule has 180 valence electrons. The first-order chi connectivity index (χ1) is 16.4. The van der Waals surface area contributed by atoms with Crippen LogP contribution in [0.5, 0.6) is 0 Å². The third kappa shape index (κ3) is 5.71. The number of H-pyrrole nitrogens is 1. The Morgan fingerprint density at radius 1 is 1.24 bits per heavy atom. The van der Waals surface area contributed by atoms with E-state index in [-0.39, 0.29) is 17.9 Å². The number of anilines is 2. The number of aryl methyl sites for hydroxylation is 1. The first-order valence-corrected chi connectivity index (χ1v) is 12.6. The molecule has 8 nitrogen and oxygen atoms in total. The predicted octanol–water partition coefficient (Wildman–Crippen LogP) is 4.12. The summed E-state index contributed by atoms with van der Waals surface area (Å²) in [6.45, 7) is 8.84. The maximum atomic E-state index is 12.6. The third-order valence-corrected chi connectivity index (χ3v) is 7.02. The zero-order valence-electron chi connectivity index (χ0n) is 19.9. The summed E-state index contributed by atoms with van der Waals surface area (Å²) in [6, 6.07) is 8.42. The molecule has 0 saturated carbocycles. The second-order valence-electron chi connectivity index (χ2n) is 8.57. The van der Waals surface area contributed by atoms with Crippen LogP contribution in [0.3, 0.4) is 0 Å². The van der Waals surface area contributed by atoms with Gasteiger partial charge in [0, 0.05) is 41.7 Å². The van der Waals surface area contributed by atoms with Crippen molar-refractivity contribution in [2.24, 2.45) is 0 Å². The molecule has 1 aromatic carbocycles. The molecule has 1 aliphatic heterocycles. The van der Waals surface area contributed by atoms with Gasteiger partial charge in [-0.25, -0.2) is 9.97 Å². The summed E-state index contributed by atoms with van der Waals surface area (Å²) in [5, 5.41) is 5.35. The SMILES string of the molecule is CCC(C)c1ccc(-c2csc(NC(=O)CCc3c(C)nc(N4CCOCC4)[nH]c3=O)n2)cc1. The summed E-state index contributed by atoms with van der Waals surface area (Å²) in [5.41, 5.74) is 4.17. The average molecular weight is 482 g/mol. The number of hydrogen-bond donors (Lipinski definition) is 2. The van der Waals surface area contributed by atoms with Gasteiger partial charge >= 0.3 is 0 Å². The summed E-state index contributed by atoms with van der Waals surface area (Å²) in [6.07, 6.45) is 1.60. The highest BCUT2D eigenvalue weighted by Crippen LogP contribution is 2.27. The van der Waals surface area contributed by atoms with E-state index in [1.54, 1.807) is 0 Å². The standard InChI is InChI=1S/C25H31N5O3S/c1-4-16(2)18-5-7-19(8-6-18)21-15-34-25(27-21)28-22(31)10-9-20-17(3)26-24(29-23(20)32)30-11-13-33-14-12-30/h5-8,15-16H,4,9-14H2,1-3H3,(H,26,29,32)(H,27,28,31). The summed E-state index contributed by atoms with van der Waals surface area (Å²) in [7, 11) is 0. The molecule has 1 saturated heterocycles. The molecule has 9 heteroatoms. The molecule has 0 aliphatic carbocycles. The highest BCUT2D eigenvalue weighted by atomic mass is 32.1. The highest BCUT2D eigenvalue weighted by Gasteiger charge is 2.17. The van der Waals surface area contributed by atoms with Gasteiger partial charge in [0.1, 0.15) is 0 Å². The van der Waals surface area contributed by atoms with E-state index >= 15 is 0 Å². The number of amides is 1. The number of aromatic nitrogens is 3. The van der Waals surface area contributed by atoms with Crippen LogP contribution in [0.25, 0.3) is 11.3 Å². The zero-order valence-corrected chi connectivity index (χ0v) is 20.7. The number of thiazole rings is 1. The number of carbonyl (C=O) groups is 1. The fourth-order valence-corrected chi connectivity index (χ4v) is 4.65. The van der Waals surface area contributed by atoms with Gasteiger partial charge in [0.05, 0.1) is 18.9 Å². The molecule has 34 heavy (non-hydrogen) atoms. The van der Waals surface area contributed by atoms with E-state index in [4.69, 9.17) is 4.74 Å². The Balaban J connectivity index is 1.35. The van der Waals surface area contributed by atoms with Gasteiger partial charge in [0.25, 0.3) is 5.56 Å². The lowest BCUT2D eigenvalue weighted by Gasteiger charge is -2.27. The van der Waals surface area contributed by atoms with Crippen molar-refractivity contribution in [1.82, 2.24) is 15.0 Å². The van der Waals surface area contributed by atoms with Crippen LogP contribution in [-0.2, 0) is 16.0 Å². The number of morpholine rings is 1. The summed E-state index contributed by atoms with van der Waals surface area (Å²) in [4.78, 5) is 39.1. The molecule has 0 spiro atoms. The van der Waals surface area contributed by atoms with Crippen LogP contribution >= 0.6 is 11.3 Å². The number of ether oxygens (including phenoxy) is 1. The zero-order chi connectivity index (χ0) is 24.1. The Kier molecular flexibility index (Phi) is 7.74. The van der Waals surface area contributed by atoms with Crippen molar-refractivity contribution in [1.29, 1.82) is 0 Å². The number of nitrogens with one attached hydrogen (secondary N) is 2. The van der Waals surface area contributed by atoms with Gasteiger partial charge in [-0.3, -0.25) is 14.6 Å². The molecule has 4 rings (SSSR count). The topological polar surface area (TPSA) is 100 Å². The van der Waals surface area contributed by atoms with Gasteiger partial charge in [-0.2, -0.15) is 0 Å². The molecule has 3 heterocycles. The van der Waals surface area contributed by atoms with Crippen LogP contribution in [-0.4, -0.2) is 47.2 Å². The average Bonchev–Trinajstić information content (AvgIpc) is 3.32. The molecular formula is C25H31N5O3S. The molecule has 0 bridgehead atoms. The molecule has 2 N–H and O–H groups in total. The van der Waals surface area contributed by atoms with Crippen LogP contribution in [0.1, 0.15) is 49.4 Å². The number of aromatic amines is 1. The van der Waals surface area contributed by atoms with Crippen molar-refractivity contribution in [3.05, 3.63) is 56.8 Å². The quantitative estimate of drug-likeness (QED) is 0.502. The van der Waals surface area contributed by atoms with Crippen molar-refractivity contribution >= 4 is 28.3 Å². The molecule has 3 aromatic rings. The molecule has 0 radical (unpaired) electrons. The Bertz CT molecular complexity index is 1180. The highest BCUT2D eigenvalue weighted by molar-refractivity contribution is 7.14. The number of benzene rings is 1. The third-order valence-electron chi connectivity index (χ3n) is 6.26. The molecule has 1 amide bonds. The largest absolute Gasteiger partial charge is 0.378 e. The van der Waals surface area contributed by atoms with E-state index in [2.05, 4.69) is 58.4 Å². The fraction of sp³-hybridized carbons (Fsp3) is 0.440. The van der Waals surface area contributed by atoms with Gasteiger partial charge in [-0.15, -0.1) is 11.3 Å². The number of carbonyl (C=O) groups excluding carboxylic acids is 1. The second-order valence-corrected chi connectivity index (χ2v) is 9.43. The molecular weight excluding hydrogens is 450 g/mol. The predicted molar refractivity (Wildman–Crippen MR) is 136 cm³/mol. The molecule has 1 aliphatic rings. The lowest BCUT2D eigenvalue weighted by atomic mass is 9.97. The van der Waals surface area contributed by atoms with E-state index in [0.29, 0.717) is 61.0 Å². The van der Waals surface area contributed by atoms with E-state index < -0.39 is 0 Å². The Labute approximate surface area is 203 Å². The maximum absolute atomic E-state index is 12.6. The fourth-order valence-electron chi connectivity index (χ4n) is 3.92. The van der Waals surface area contributed by atoms with Crippen molar-refractivity contribution in [3.8, 4) is 11.3 Å². The van der Waals surface area contributed by atoms with Crippen LogP contribution < -0.4 is 15.8 Å². The maximum Gasteiger partial charge on any atom is 0.255 e. The second kappa shape index (κ2) is 10.9. The van der Waals surface area contributed by atoms with Crippen molar-refractivity contribution < 1.29 is 9.53 Å². The van der Waals surface area contributed by atoms with Crippen molar-refractivity contribution in [2.45, 2.75) is 46.0 Å². The van der Waals surface area contributed by atoms with Gasteiger partial charge in [0.15, 0.2) is 5.13 Å². The Hall–Kier alpha value is -3.04. The van der Waals surface area contributed by atoms with Gasteiger partial charge < -0.3 is 15.0 Å². The molecule has 2 aromatic heterocycles. The molecule has 1 unspecified atom stereocenters. The lowest BCUT2D eigenvalue weighted by Crippen LogP contribution is -2.38. The first-order valence-electron chi connectivity index (χ1n) is 11.7. The first kappa shape index (κ1) is 24.1.